The molecular formula is C63H123NO4. The van der Waals surface area contributed by atoms with E-state index in [0.717, 1.165) is 32.1 Å². The highest BCUT2D eigenvalue weighted by Gasteiger charge is 2.20. The van der Waals surface area contributed by atoms with E-state index in [1.54, 1.807) is 6.08 Å². The van der Waals surface area contributed by atoms with Crippen LogP contribution in [0.5, 0.6) is 0 Å². The second kappa shape index (κ2) is 58.4. The summed E-state index contributed by atoms with van der Waals surface area (Å²) >= 11 is 0. The highest BCUT2D eigenvalue weighted by atomic mass is 16.3. The van der Waals surface area contributed by atoms with Gasteiger partial charge in [-0.25, -0.2) is 0 Å². The van der Waals surface area contributed by atoms with Crippen molar-refractivity contribution in [2.45, 2.75) is 366 Å². The van der Waals surface area contributed by atoms with Crippen LogP contribution in [0.3, 0.4) is 0 Å². The predicted octanol–water partition coefficient (Wildman–Crippen LogP) is 19.6. The quantitative estimate of drug-likeness (QED) is 0.0361. The number of carbonyl (C=O) groups is 1. The number of amides is 1. The van der Waals surface area contributed by atoms with E-state index in [9.17, 15) is 20.1 Å². The first-order valence-electron chi connectivity index (χ1n) is 31.1. The monoisotopic (exact) mass is 958 g/mol. The largest absolute Gasteiger partial charge is 0.394 e. The van der Waals surface area contributed by atoms with Crippen molar-refractivity contribution in [1.82, 2.24) is 5.32 Å². The molecule has 0 heterocycles. The Balaban J connectivity index is 3.52. The number of aliphatic hydroxyl groups is 3. The Hall–Kier alpha value is -1.17. The lowest BCUT2D eigenvalue weighted by atomic mass is 10.0. The lowest BCUT2D eigenvalue weighted by Gasteiger charge is -2.21. The molecule has 1 amide bonds. The van der Waals surface area contributed by atoms with Crippen LogP contribution in [0.15, 0.2) is 24.3 Å². The SMILES string of the molecule is CCCCCCCCCCCCCCCCCC/C=C/CC/C=C/C(O)C(CO)NC(=O)CC(O)CCCCCCCCCCCCCCCCCCCCCCCCCCCCCCCCC. The van der Waals surface area contributed by atoms with Gasteiger partial charge in [-0.05, 0) is 32.1 Å². The molecule has 404 valence electrons. The van der Waals surface area contributed by atoms with E-state index in [1.807, 2.05) is 6.08 Å². The maximum atomic E-state index is 12.5. The van der Waals surface area contributed by atoms with E-state index < -0.39 is 18.2 Å². The Kier molecular flexibility index (Phi) is 57.4. The van der Waals surface area contributed by atoms with Crippen LogP contribution in [0, 0.1) is 0 Å². The van der Waals surface area contributed by atoms with Crippen LogP contribution >= 0.6 is 0 Å². The minimum absolute atomic E-state index is 0.0106. The van der Waals surface area contributed by atoms with E-state index in [1.165, 1.54) is 289 Å². The van der Waals surface area contributed by atoms with Crippen LogP contribution in [0.4, 0.5) is 0 Å². The smallest absolute Gasteiger partial charge is 0.222 e. The van der Waals surface area contributed by atoms with Crippen LogP contribution in [0.25, 0.3) is 0 Å². The van der Waals surface area contributed by atoms with Crippen LogP contribution in [-0.2, 0) is 4.79 Å². The third-order valence-corrected chi connectivity index (χ3v) is 14.7. The van der Waals surface area contributed by atoms with Gasteiger partial charge < -0.3 is 20.6 Å². The van der Waals surface area contributed by atoms with Crippen molar-refractivity contribution >= 4 is 5.91 Å². The van der Waals surface area contributed by atoms with Crippen molar-refractivity contribution in [2.24, 2.45) is 0 Å². The maximum absolute atomic E-state index is 12.5. The van der Waals surface area contributed by atoms with Crippen LogP contribution < -0.4 is 5.32 Å². The molecule has 0 aromatic rings. The van der Waals surface area contributed by atoms with Gasteiger partial charge in [0.05, 0.1) is 31.3 Å². The van der Waals surface area contributed by atoms with Crippen LogP contribution in [0.1, 0.15) is 348 Å². The molecule has 0 spiro atoms. The third kappa shape index (κ3) is 54.2. The van der Waals surface area contributed by atoms with Crippen LogP contribution in [0.2, 0.25) is 0 Å². The van der Waals surface area contributed by atoms with Crippen molar-refractivity contribution in [3.63, 3.8) is 0 Å². The van der Waals surface area contributed by atoms with Crippen LogP contribution in [-0.4, -0.2) is 46.1 Å². The molecule has 0 aliphatic rings. The summed E-state index contributed by atoms with van der Waals surface area (Å²) in [4.78, 5) is 12.5. The molecule has 5 nitrogen and oxygen atoms in total. The summed E-state index contributed by atoms with van der Waals surface area (Å²) in [6.07, 6.45) is 75.4. The van der Waals surface area contributed by atoms with Crippen molar-refractivity contribution in [3.05, 3.63) is 24.3 Å². The van der Waals surface area contributed by atoms with Gasteiger partial charge in [0.15, 0.2) is 0 Å². The fourth-order valence-corrected chi connectivity index (χ4v) is 10.0. The van der Waals surface area contributed by atoms with Gasteiger partial charge in [-0.3, -0.25) is 4.79 Å². The Labute approximate surface area is 426 Å². The molecule has 0 aliphatic heterocycles. The Morgan fingerprint density at radius 2 is 0.632 bits per heavy atom. The summed E-state index contributed by atoms with van der Waals surface area (Å²) in [5.74, 6) is -0.318. The fourth-order valence-electron chi connectivity index (χ4n) is 10.0. The topological polar surface area (TPSA) is 89.8 Å². The number of rotatable bonds is 58. The minimum atomic E-state index is -0.951. The molecule has 0 radical (unpaired) electrons. The molecule has 0 rings (SSSR count). The average Bonchev–Trinajstić information content (AvgIpc) is 3.33. The average molecular weight is 959 g/mol. The van der Waals surface area contributed by atoms with E-state index in [-0.39, 0.29) is 18.9 Å². The van der Waals surface area contributed by atoms with Gasteiger partial charge in [0, 0.05) is 0 Å². The molecule has 0 aliphatic carbocycles. The molecule has 3 unspecified atom stereocenters. The normalized spacial score (nSPS) is 13.3. The summed E-state index contributed by atoms with van der Waals surface area (Å²) < 4.78 is 0. The highest BCUT2D eigenvalue weighted by Crippen LogP contribution is 2.19. The molecule has 4 N–H and O–H groups in total. The number of nitrogens with one attached hydrogen (secondary N) is 1. The molecule has 0 fully saturated rings. The number of hydrogen-bond acceptors (Lipinski definition) is 4. The molecule has 0 saturated carbocycles. The molecule has 0 bridgehead atoms. The van der Waals surface area contributed by atoms with Gasteiger partial charge in [0.25, 0.3) is 0 Å². The first-order chi connectivity index (χ1) is 33.5. The van der Waals surface area contributed by atoms with Crippen molar-refractivity contribution in [3.8, 4) is 0 Å². The zero-order chi connectivity index (χ0) is 49.3. The Bertz CT molecular complexity index is 1010. The summed E-state index contributed by atoms with van der Waals surface area (Å²) in [6.45, 7) is 4.25. The zero-order valence-corrected chi connectivity index (χ0v) is 46.3. The van der Waals surface area contributed by atoms with Gasteiger partial charge in [-0.2, -0.15) is 0 Å². The zero-order valence-electron chi connectivity index (χ0n) is 46.3. The van der Waals surface area contributed by atoms with Crippen molar-refractivity contribution in [1.29, 1.82) is 0 Å². The Morgan fingerprint density at radius 3 is 0.941 bits per heavy atom. The first kappa shape index (κ1) is 66.8. The highest BCUT2D eigenvalue weighted by molar-refractivity contribution is 5.76. The van der Waals surface area contributed by atoms with Gasteiger partial charge in [-0.15, -0.1) is 0 Å². The second-order valence-electron chi connectivity index (χ2n) is 21.7. The fraction of sp³-hybridized carbons (Fsp3) is 0.921. The Morgan fingerprint density at radius 1 is 0.368 bits per heavy atom. The van der Waals surface area contributed by atoms with E-state index in [0.29, 0.717) is 6.42 Å². The van der Waals surface area contributed by atoms with Gasteiger partial charge in [-0.1, -0.05) is 334 Å². The number of hydrogen-bond donors (Lipinski definition) is 4. The lowest BCUT2D eigenvalue weighted by molar-refractivity contribution is -0.124. The van der Waals surface area contributed by atoms with Gasteiger partial charge in [0.2, 0.25) is 5.91 Å². The predicted molar refractivity (Wildman–Crippen MR) is 301 cm³/mol. The summed E-state index contributed by atoms with van der Waals surface area (Å²) in [7, 11) is 0. The minimum Gasteiger partial charge on any atom is -0.394 e. The lowest BCUT2D eigenvalue weighted by Crippen LogP contribution is -2.45. The first-order valence-corrected chi connectivity index (χ1v) is 31.1. The molecule has 0 aromatic heterocycles. The molecule has 3 atom stereocenters. The number of allylic oxidation sites excluding steroid dienone is 3. The van der Waals surface area contributed by atoms with E-state index in [4.69, 9.17) is 0 Å². The standard InChI is InChI=1S/C63H123NO4/c1-3-5-7-9-11-13-15-17-19-21-23-25-27-28-29-30-31-32-33-34-35-36-38-40-42-44-46-48-50-52-54-56-60(66)58-63(68)64-61(59-65)62(67)57-55-53-51-49-47-45-43-41-39-37-26-24-22-20-18-16-14-12-10-8-6-4-2/h47,49,55,57,60-62,65-67H,3-46,48,50-54,56,58-59H2,1-2H3,(H,64,68)/b49-47+,57-55+. The third-order valence-electron chi connectivity index (χ3n) is 14.7. The van der Waals surface area contributed by atoms with E-state index in [2.05, 4.69) is 31.3 Å². The summed E-state index contributed by atoms with van der Waals surface area (Å²) in [5.41, 5.74) is 0. The molecule has 5 heteroatoms. The van der Waals surface area contributed by atoms with E-state index >= 15 is 0 Å². The second-order valence-corrected chi connectivity index (χ2v) is 21.7. The molecular weight excluding hydrogens is 835 g/mol. The summed E-state index contributed by atoms with van der Waals surface area (Å²) in [6, 6.07) is -0.760. The van der Waals surface area contributed by atoms with Crippen molar-refractivity contribution < 1.29 is 20.1 Å². The van der Waals surface area contributed by atoms with Crippen molar-refractivity contribution in [2.75, 3.05) is 6.61 Å². The molecule has 0 aromatic carbocycles. The molecule has 68 heavy (non-hydrogen) atoms. The number of unbranched alkanes of at least 4 members (excludes halogenated alkanes) is 47. The number of aliphatic hydroxyl groups excluding tert-OH is 3. The van der Waals surface area contributed by atoms with Gasteiger partial charge >= 0.3 is 0 Å². The molecule has 0 saturated heterocycles. The summed E-state index contributed by atoms with van der Waals surface area (Å²) in [5, 5.41) is 33.5. The van der Waals surface area contributed by atoms with Gasteiger partial charge in [0.1, 0.15) is 0 Å². The maximum Gasteiger partial charge on any atom is 0.222 e. The number of carbonyl (C=O) groups excluding carboxylic acids is 1.